The highest BCUT2D eigenvalue weighted by atomic mass is 32.2. The third-order valence-corrected chi connectivity index (χ3v) is 6.56. The van der Waals surface area contributed by atoms with Gasteiger partial charge in [-0.3, -0.25) is 0 Å². The monoisotopic (exact) mass is 325 g/mol. The second-order valence-corrected chi connectivity index (χ2v) is 8.06. The molecule has 0 atom stereocenters. The molecule has 2 rings (SSSR count). The number of hydrogen-bond donors (Lipinski definition) is 2. The van der Waals surface area contributed by atoms with Gasteiger partial charge < -0.3 is 5.11 Å². The first kappa shape index (κ1) is 17.4. The lowest BCUT2D eigenvalue weighted by Crippen LogP contribution is -2.37. The Kier molecular flexibility index (Phi) is 5.64. The van der Waals surface area contributed by atoms with Crippen LogP contribution in [-0.2, 0) is 22.9 Å². The van der Waals surface area contributed by atoms with E-state index in [2.05, 4.69) is 4.72 Å². The molecule has 0 saturated heterocycles. The van der Waals surface area contributed by atoms with E-state index in [1.54, 1.807) is 6.07 Å². The van der Waals surface area contributed by atoms with Gasteiger partial charge in [-0.1, -0.05) is 19.9 Å². The number of aryl methyl sites for hydroxylation is 2. The molecule has 0 aromatic heterocycles. The normalized spacial score (nSPS) is 15.0. The Balaban J connectivity index is 2.14. The first-order chi connectivity index (χ1) is 10.5. The Labute approximate surface area is 134 Å². The van der Waals surface area contributed by atoms with E-state index in [-0.39, 0.29) is 12.0 Å². The van der Waals surface area contributed by atoms with Gasteiger partial charge in [0, 0.05) is 13.2 Å². The fourth-order valence-electron chi connectivity index (χ4n) is 3.23. The molecule has 124 valence electrons. The Hall–Kier alpha value is -0.910. The molecule has 1 aliphatic rings. The molecule has 2 N–H and O–H groups in total. The van der Waals surface area contributed by atoms with Crippen LogP contribution in [0, 0.1) is 5.41 Å². The van der Waals surface area contributed by atoms with Gasteiger partial charge in [-0.2, -0.15) is 0 Å². The topological polar surface area (TPSA) is 66.4 Å². The summed E-state index contributed by atoms with van der Waals surface area (Å²) in [6.45, 7) is 4.55. The van der Waals surface area contributed by atoms with Gasteiger partial charge in [-0.25, -0.2) is 13.1 Å². The SMILES string of the molecule is CCC(CC)(CCO)CNS(=O)(=O)c1ccc2c(c1)CCC2. The Morgan fingerprint density at radius 1 is 1.18 bits per heavy atom. The van der Waals surface area contributed by atoms with Crippen molar-refractivity contribution in [2.75, 3.05) is 13.2 Å². The molecule has 4 nitrogen and oxygen atoms in total. The van der Waals surface area contributed by atoms with Gasteiger partial charge in [0.1, 0.15) is 0 Å². The van der Waals surface area contributed by atoms with Crippen molar-refractivity contribution in [3.05, 3.63) is 29.3 Å². The van der Waals surface area contributed by atoms with E-state index in [1.165, 1.54) is 5.56 Å². The number of sulfonamides is 1. The number of nitrogens with one attached hydrogen (secondary N) is 1. The minimum absolute atomic E-state index is 0.0856. The molecule has 0 spiro atoms. The van der Waals surface area contributed by atoms with Crippen LogP contribution in [0.25, 0.3) is 0 Å². The molecule has 0 heterocycles. The van der Waals surface area contributed by atoms with Gasteiger partial charge in [0.2, 0.25) is 10.0 Å². The zero-order chi connectivity index (χ0) is 16.2. The quantitative estimate of drug-likeness (QED) is 0.772. The summed E-state index contributed by atoms with van der Waals surface area (Å²) in [7, 11) is -3.49. The van der Waals surface area contributed by atoms with Crippen molar-refractivity contribution in [3.8, 4) is 0 Å². The van der Waals surface area contributed by atoms with Crippen LogP contribution in [0.15, 0.2) is 23.1 Å². The highest BCUT2D eigenvalue weighted by Crippen LogP contribution is 2.30. The van der Waals surface area contributed by atoms with Crippen LogP contribution in [0.4, 0.5) is 0 Å². The van der Waals surface area contributed by atoms with E-state index < -0.39 is 10.0 Å². The van der Waals surface area contributed by atoms with Crippen molar-refractivity contribution >= 4 is 10.0 Å². The van der Waals surface area contributed by atoms with Crippen molar-refractivity contribution in [1.29, 1.82) is 0 Å². The standard InChI is InChI=1S/C17H27NO3S/c1-3-17(4-2,10-11-19)13-18-22(20,21)16-9-8-14-6-5-7-15(14)12-16/h8-9,12,18-19H,3-7,10-11,13H2,1-2H3. The Morgan fingerprint density at radius 2 is 1.86 bits per heavy atom. The lowest BCUT2D eigenvalue weighted by Gasteiger charge is -2.31. The molecular formula is C17H27NO3S. The number of benzene rings is 1. The van der Waals surface area contributed by atoms with Gasteiger partial charge in [-0.05, 0) is 67.2 Å². The molecule has 0 aliphatic heterocycles. The molecule has 0 radical (unpaired) electrons. The van der Waals surface area contributed by atoms with Crippen LogP contribution < -0.4 is 4.72 Å². The zero-order valence-corrected chi connectivity index (χ0v) is 14.4. The highest BCUT2D eigenvalue weighted by Gasteiger charge is 2.28. The molecule has 0 bridgehead atoms. The summed E-state index contributed by atoms with van der Waals surface area (Å²) in [5.41, 5.74) is 2.27. The van der Waals surface area contributed by atoms with Crippen molar-refractivity contribution < 1.29 is 13.5 Å². The van der Waals surface area contributed by atoms with Gasteiger partial charge in [0.05, 0.1) is 4.90 Å². The summed E-state index contributed by atoms with van der Waals surface area (Å²) in [4.78, 5) is 0.359. The first-order valence-electron chi connectivity index (χ1n) is 8.18. The second-order valence-electron chi connectivity index (χ2n) is 6.29. The maximum absolute atomic E-state index is 12.5. The third-order valence-electron chi connectivity index (χ3n) is 5.16. The number of aliphatic hydroxyl groups excluding tert-OH is 1. The molecule has 0 saturated carbocycles. The van der Waals surface area contributed by atoms with Gasteiger partial charge >= 0.3 is 0 Å². The molecule has 5 heteroatoms. The molecular weight excluding hydrogens is 298 g/mol. The van der Waals surface area contributed by atoms with Crippen LogP contribution in [0.1, 0.15) is 50.7 Å². The average molecular weight is 325 g/mol. The third kappa shape index (κ3) is 3.70. The number of fused-ring (bicyclic) bond motifs is 1. The fraction of sp³-hybridized carbons (Fsp3) is 0.647. The molecule has 0 unspecified atom stereocenters. The first-order valence-corrected chi connectivity index (χ1v) is 9.67. The smallest absolute Gasteiger partial charge is 0.240 e. The molecule has 0 amide bonds. The van der Waals surface area contributed by atoms with Gasteiger partial charge in [-0.15, -0.1) is 0 Å². The highest BCUT2D eigenvalue weighted by molar-refractivity contribution is 7.89. The minimum Gasteiger partial charge on any atom is -0.396 e. The van der Waals surface area contributed by atoms with Gasteiger partial charge in [0.25, 0.3) is 0 Å². The van der Waals surface area contributed by atoms with E-state index in [9.17, 15) is 13.5 Å². The average Bonchev–Trinajstić information content (AvgIpc) is 2.99. The predicted molar refractivity (Wildman–Crippen MR) is 88.4 cm³/mol. The lowest BCUT2D eigenvalue weighted by molar-refractivity contribution is 0.170. The van der Waals surface area contributed by atoms with Crippen LogP contribution in [0.5, 0.6) is 0 Å². The molecule has 1 aromatic carbocycles. The summed E-state index contributed by atoms with van der Waals surface area (Å²) in [6, 6.07) is 5.46. The second kappa shape index (κ2) is 7.11. The van der Waals surface area contributed by atoms with E-state index in [0.717, 1.165) is 37.7 Å². The maximum atomic E-state index is 12.5. The van der Waals surface area contributed by atoms with E-state index in [1.807, 2.05) is 26.0 Å². The van der Waals surface area contributed by atoms with Crippen molar-refractivity contribution in [2.45, 2.75) is 57.3 Å². The number of aliphatic hydroxyl groups is 1. The van der Waals surface area contributed by atoms with E-state index in [4.69, 9.17) is 0 Å². The largest absolute Gasteiger partial charge is 0.396 e. The predicted octanol–water partition coefficient (Wildman–Crippen LogP) is 2.64. The van der Waals surface area contributed by atoms with Crippen molar-refractivity contribution in [3.63, 3.8) is 0 Å². The summed E-state index contributed by atoms with van der Waals surface area (Å²) < 4.78 is 27.8. The van der Waals surface area contributed by atoms with E-state index >= 15 is 0 Å². The van der Waals surface area contributed by atoms with E-state index in [0.29, 0.717) is 17.9 Å². The maximum Gasteiger partial charge on any atom is 0.240 e. The fourth-order valence-corrected chi connectivity index (χ4v) is 4.43. The van der Waals surface area contributed by atoms with Crippen LogP contribution in [-0.4, -0.2) is 26.7 Å². The number of hydrogen-bond acceptors (Lipinski definition) is 3. The molecule has 1 aliphatic carbocycles. The zero-order valence-electron chi connectivity index (χ0n) is 13.6. The Bertz CT molecular complexity index is 606. The molecule has 1 aromatic rings. The molecule has 22 heavy (non-hydrogen) atoms. The van der Waals surface area contributed by atoms with Crippen LogP contribution >= 0.6 is 0 Å². The van der Waals surface area contributed by atoms with Crippen molar-refractivity contribution in [1.82, 2.24) is 4.72 Å². The number of rotatable bonds is 8. The van der Waals surface area contributed by atoms with Crippen molar-refractivity contribution in [2.24, 2.45) is 5.41 Å². The summed E-state index contributed by atoms with van der Waals surface area (Å²) >= 11 is 0. The summed E-state index contributed by atoms with van der Waals surface area (Å²) in [5.74, 6) is 0. The molecule has 0 fully saturated rings. The summed E-state index contributed by atoms with van der Waals surface area (Å²) in [6.07, 6.45) is 5.43. The lowest BCUT2D eigenvalue weighted by atomic mass is 9.80. The Morgan fingerprint density at radius 3 is 2.50 bits per heavy atom. The summed E-state index contributed by atoms with van der Waals surface area (Å²) in [5, 5.41) is 9.24. The van der Waals surface area contributed by atoms with Crippen LogP contribution in [0.3, 0.4) is 0 Å². The van der Waals surface area contributed by atoms with Gasteiger partial charge in [0.15, 0.2) is 0 Å². The minimum atomic E-state index is -3.49. The van der Waals surface area contributed by atoms with Crippen LogP contribution in [0.2, 0.25) is 0 Å².